The van der Waals surface area contributed by atoms with Gasteiger partial charge in [0, 0.05) is 15.2 Å². The zero-order chi connectivity index (χ0) is 11.4. The highest BCUT2D eigenvalue weighted by molar-refractivity contribution is 9.10. The molecule has 86 valence electrons. The van der Waals surface area contributed by atoms with Crippen LogP contribution in [0.2, 0.25) is 5.02 Å². The molecule has 0 spiro atoms. The number of hydrogen-bond donors (Lipinski definition) is 1. The number of halogens is 2. The fourth-order valence-electron chi connectivity index (χ4n) is 1.59. The van der Waals surface area contributed by atoms with Crippen molar-refractivity contribution in [2.75, 3.05) is 11.9 Å². The highest BCUT2D eigenvalue weighted by Crippen LogP contribution is 2.26. The quantitative estimate of drug-likeness (QED) is 0.903. The maximum absolute atomic E-state index is 5.87. The first-order valence-corrected chi connectivity index (χ1v) is 6.42. The van der Waals surface area contributed by atoms with Gasteiger partial charge in [0.05, 0.1) is 12.8 Å². The zero-order valence-electron chi connectivity index (χ0n) is 8.75. The minimum atomic E-state index is 0.257. The topological polar surface area (TPSA) is 21.3 Å². The molecular formula is C12H13BrClNO. The molecule has 0 bridgehead atoms. The molecule has 2 nitrogen and oxygen atoms in total. The monoisotopic (exact) mass is 301 g/mol. The van der Waals surface area contributed by atoms with E-state index in [-0.39, 0.29) is 6.10 Å². The Kier molecular flexibility index (Phi) is 4.13. The lowest BCUT2D eigenvalue weighted by molar-refractivity contribution is 0.135. The van der Waals surface area contributed by atoms with Gasteiger partial charge in [0.25, 0.3) is 0 Å². The molecule has 1 aliphatic rings. The van der Waals surface area contributed by atoms with E-state index in [1.807, 2.05) is 18.2 Å². The maximum Gasteiger partial charge on any atom is 0.115 e. The van der Waals surface area contributed by atoms with Gasteiger partial charge in [0.1, 0.15) is 6.10 Å². The molecule has 0 saturated heterocycles. The molecule has 1 aliphatic heterocycles. The molecule has 1 unspecified atom stereocenters. The lowest BCUT2D eigenvalue weighted by Crippen LogP contribution is -2.23. The summed E-state index contributed by atoms with van der Waals surface area (Å²) < 4.78 is 6.46. The van der Waals surface area contributed by atoms with E-state index in [0.29, 0.717) is 0 Å². The van der Waals surface area contributed by atoms with E-state index in [2.05, 4.69) is 27.3 Å². The third kappa shape index (κ3) is 3.16. The van der Waals surface area contributed by atoms with Crippen LogP contribution in [0.4, 0.5) is 5.69 Å². The van der Waals surface area contributed by atoms with Crippen LogP contribution in [-0.4, -0.2) is 12.6 Å². The second kappa shape index (κ2) is 5.60. The Balaban J connectivity index is 1.91. The number of anilines is 1. The molecule has 16 heavy (non-hydrogen) atoms. The average Bonchev–Trinajstić information content (AvgIpc) is 2.29. The predicted molar refractivity (Wildman–Crippen MR) is 70.9 cm³/mol. The second-order valence-corrected chi connectivity index (χ2v) is 5.00. The lowest BCUT2D eigenvalue weighted by Gasteiger charge is -2.20. The Hall–Kier alpha value is -0.670. The Morgan fingerprint density at radius 2 is 2.38 bits per heavy atom. The Morgan fingerprint density at radius 3 is 3.06 bits per heavy atom. The third-order valence-electron chi connectivity index (χ3n) is 2.47. The molecule has 4 heteroatoms. The molecule has 2 rings (SSSR count). The van der Waals surface area contributed by atoms with Gasteiger partial charge in [0.2, 0.25) is 0 Å². The number of hydrogen-bond acceptors (Lipinski definition) is 2. The van der Waals surface area contributed by atoms with Crippen LogP contribution in [0, 0.1) is 0 Å². The first kappa shape index (κ1) is 11.8. The molecule has 0 aromatic heterocycles. The molecule has 0 amide bonds. The molecule has 0 saturated carbocycles. The van der Waals surface area contributed by atoms with Gasteiger partial charge in [-0.05, 0) is 53.0 Å². The van der Waals surface area contributed by atoms with Crippen molar-refractivity contribution in [1.82, 2.24) is 0 Å². The Morgan fingerprint density at radius 1 is 1.50 bits per heavy atom. The second-order valence-electron chi connectivity index (χ2n) is 3.71. The summed E-state index contributed by atoms with van der Waals surface area (Å²) in [6.45, 7) is 0.810. The van der Waals surface area contributed by atoms with E-state index in [0.717, 1.165) is 34.6 Å². The van der Waals surface area contributed by atoms with Gasteiger partial charge >= 0.3 is 0 Å². The van der Waals surface area contributed by atoms with Crippen LogP contribution in [0.3, 0.4) is 0 Å². The van der Waals surface area contributed by atoms with Crippen molar-refractivity contribution < 1.29 is 4.74 Å². The summed E-state index contributed by atoms with van der Waals surface area (Å²) in [5.74, 6) is 0. The fraction of sp³-hybridized carbons (Fsp3) is 0.333. The largest absolute Gasteiger partial charge is 0.497 e. The first-order chi connectivity index (χ1) is 7.75. The van der Waals surface area contributed by atoms with Crippen molar-refractivity contribution in [2.24, 2.45) is 0 Å². The van der Waals surface area contributed by atoms with Crippen molar-refractivity contribution in [3.63, 3.8) is 0 Å². The predicted octanol–water partition coefficient (Wildman–Crippen LogP) is 4.21. The van der Waals surface area contributed by atoms with Crippen LogP contribution in [-0.2, 0) is 4.74 Å². The highest BCUT2D eigenvalue weighted by atomic mass is 79.9. The van der Waals surface area contributed by atoms with Gasteiger partial charge in [0.15, 0.2) is 0 Å². The molecule has 1 N–H and O–H groups in total. The molecule has 1 aromatic carbocycles. The highest BCUT2D eigenvalue weighted by Gasteiger charge is 2.11. The van der Waals surface area contributed by atoms with E-state index in [9.17, 15) is 0 Å². The van der Waals surface area contributed by atoms with Crippen molar-refractivity contribution in [2.45, 2.75) is 18.9 Å². The van der Waals surface area contributed by atoms with Crippen molar-refractivity contribution in [1.29, 1.82) is 0 Å². The summed E-state index contributed by atoms with van der Waals surface area (Å²) in [4.78, 5) is 0. The summed E-state index contributed by atoms with van der Waals surface area (Å²) in [7, 11) is 0. The standard InChI is InChI=1S/C12H13BrClNO/c13-11-7-9(14)4-5-12(11)15-8-10-3-1-2-6-16-10/h2,4-7,10,15H,1,3,8H2. The van der Waals surface area contributed by atoms with Gasteiger partial charge in [-0.3, -0.25) is 0 Å². The zero-order valence-corrected chi connectivity index (χ0v) is 11.1. The Bertz CT molecular complexity index is 395. The molecule has 0 radical (unpaired) electrons. The summed E-state index contributed by atoms with van der Waals surface area (Å²) in [6.07, 6.45) is 6.25. The van der Waals surface area contributed by atoms with E-state index in [4.69, 9.17) is 16.3 Å². The minimum absolute atomic E-state index is 0.257. The van der Waals surface area contributed by atoms with Gasteiger partial charge in [-0.2, -0.15) is 0 Å². The summed E-state index contributed by atoms with van der Waals surface area (Å²) >= 11 is 9.34. The van der Waals surface area contributed by atoms with Crippen LogP contribution in [0.25, 0.3) is 0 Å². The van der Waals surface area contributed by atoms with Crippen LogP contribution in [0.5, 0.6) is 0 Å². The molecule has 1 heterocycles. The van der Waals surface area contributed by atoms with E-state index >= 15 is 0 Å². The molecule has 1 atom stereocenters. The summed E-state index contributed by atoms with van der Waals surface area (Å²) in [6, 6.07) is 5.72. The SMILES string of the molecule is Clc1ccc(NCC2CCC=CO2)c(Br)c1. The van der Waals surface area contributed by atoms with Crippen molar-refractivity contribution in [3.8, 4) is 0 Å². The number of ether oxygens (including phenoxy) is 1. The van der Waals surface area contributed by atoms with E-state index in [1.165, 1.54) is 0 Å². The van der Waals surface area contributed by atoms with E-state index in [1.54, 1.807) is 6.26 Å². The number of benzene rings is 1. The fourth-order valence-corrected chi connectivity index (χ4v) is 2.41. The normalized spacial score (nSPS) is 19.2. The van der Waals surface area contributed by atoms with E-state index < -0.39 is 0 Å². The third-order valence-corrected chi connectivity index (χ3v) is 3.37. The lowest BCUT2D eigenvalue weighted by atomic mass is 10.1. The minimum Gasteiger partial charge on any atom is -0.497 e. The van der Waals surface area contributed by atoms with Crippen LogP contribution >= 0.6 is 27.5 Å². The average molecular weight is 303 g/mol. The first-order valence-electron chi connectivity index (χ1n) is 5.25. The van der Waals surface area contributed by atoms with Gasteiger partial charge in [-0.1, -0.05) is 11.6 Å². The molecular weight excluding hydrogens is 289 g/mol. The molecule has 1 aromatic rings. The van der Waals surface area contributed by atoms with Gasteiger partial charge in [-0.15, -0.1) is 0 Å². The van der Waals surface area contributed by atoms with Crippen molar-refractivity contribution >= 4 is 33.2 Å². The maximum atomic E-state index is 5.87. The molecule has 0 fully saturated rings. The number of nitrogens with one attached hydrogen (secondary N) is 1. The van der Waals surface area contributed by atoms with Gasteiger partial charge < -0.3 is 10.1 Å². The van der Waals surface area contributed by atoms with Gasteiger partial charge in [-0.25, -0.2) is 0 Å². The summed E-state index contributed by atoms with van der Waals surface area (Å²) in [5.41, 5.74) is 1.04. The van der Waals surface area contributed by atoms with Crippen LogP contribution in [0.1, 0.15) is 12.8 Å². The van der Waals surface area contributed by atoms with Crippen LogP contribution < -0.4 is 5.32 Å². The smallest absolute Gasteiger partial charge is 0.115 e. The van der Waals surface area contributed by atoms with Crippen LogP contribution in [0.15, 0.2) is 35.0 Å². The summed E-state index contributed by atoms with van der Waals surface area (Å²) in [5, 5.41) is 4.08. The number of rotatable bonds is 3. The molecule has 0 aliphatic carbocycles. The van der Waals surface area contributed by atoms with Crippen molar-refractivity contribution in [3.05, 3.63) is 40.0 Å². The number of allylic oxidation sites excluding steroid dienone is 1. The Labute approximate surface area is 109 Å².